The molecule has 1 atom stereocenters. The highest BCUT2D eigenvalue weighted by Crippen LogP contribution is 2.14. The Hall–Kier alpha value is -1.88. The van der Waals surface area contributed by atoms with Crippen molar-refractivity contribution in [1.29, 1.82) is 0 Å². The third-order valence-electron chi connectivity index (χ3n) is 2.64. The summed E-state index contributed by atoms with van der Waals surface area (Å²) in [7, 11) is 0. The van der Waals surface area contributed by atoms with Crippen LogP contribution in [0.4, 0.5) is 0 Å². The summed E-state index contributed by atoms with van der Waals surface area (Å²) in [4.78, 5) is 15.4. The van der Waals surface area contributed by atoms with Crippen LogP contribution in [0, 0.1) is 0 Å². The second kappa shape index (κ2) is 5.64. The highest BCUT2D eigenvalue weighted by atomic mass is 16.3. The lowest BCUT2D eigenvalue weighted by molar-refractivity contribution is -0.121. The molecular formula is C13H17N3O2. The van der Waals surface area contributed by atoms with E-state index in [2.05, 4.69) is 10.3 Å². The van der Waals surface area contributed by atoms with Crippen molar-refractivity contribution in [2.75, 3.05) is 6.54 Å². The van der Waals surface area contributed by atoms with Crippen molar-refractivity contribution in [3.8, 4) is 0 Å². The van der Waals surface area contributed by atoms with E-state index in [1.54, 1.807) is 0 Å². The molecule has 1 heterocycles. The van der Waals surface area contributed by atoms with Crippen LogP contribution in [0.15, 0.2) is 29.0 Å². The third-order valence-corrected chi connectivity index (χ3v) is 2.64. The second-order valence-corrected chi connectivity index (χ2v) is 4.44. The van der Waals surface area contributed by atoms with Crippen LogP contribution in [0.2, 0.25) is 0 Å². The maximum Gasteiger partial charge on any atom is 0.221 e. The molecule has 2 aromatic rings. The van der Waals surface area contributed by atoms with E-state index in [0.29, 0.717) is 13.0 Å². The first kappa shape index (κ1) is 12.6. The number of oxazole rings is 1. The van der Waals surface area contributed by atoms with Crippen LogP contribution in [0.1, 0.15) is 18.9 Å². The third kappa shape index (κ3) is 3.30. The minimum absolute atomic E-state index is 0.00857. The van der Waals surface area contributed by atoms with E-state index in [0.717, 1.165) is 23.1 Å². The smallest absolute Gasteiger partial charge is 0.221 e. The summed E-state index contributed by atoms with van der Waals surface area (Å²) >= 11 is 0. The summed E-state index contributed by atoms with van der Waals surface area (Å²) in [5.41, 5.74) is 8.28. The molecule has 1 aromatic heterocycles. The van der Waals surface area contributed by atoms with Crippen molar-refractivity contribution in [3.05, 3.63) is 30.2 Å². The van der Waals surface area contributed by atoms with E-state index in [1.807, 2.05) is 25.1 Å². The Kier molecular flexibility index (Phi) is 3.94. The number of aromatic nitrogens is 1. The zero-order valence-corrected chi connectivity index (χ0v) is 10.3. The number of hydrogen-bond donors (Lipinski definition) is 2. The molecule has 1 aromatic carbocycles. The standard InChI is InChI=1S/C13H17N3O2/c1-9(14)6-13(17)15-5-4-10-2-3-11-12(7-10)18-8-16-11/h2-3,7-9H,4-6,14H2,1H3,(H,15,17). The lowest BCUT2D eigenvalue weighted by Gasteiger charge is -2.07. The highest BCUT2D eigenvalue weighted by molar-refractivity contribution is 5.76. The normalized spacial score (nSPS) is 12.6. The van der Waals surface area contributed by atoms with Gasteiger partial charge in [0.05, 0.1) is 0 Å². The van der Waals surface area contributed by atoms with Gasteiger partial charge in [0, 0.05) is 19.0 Å². The van der Waals surface area contributed by atoms with Gasteiger partial charge in [0.2, 0.25) is 5.91 Å². The van der Waals surface area contributed by atoms with Crippen molar-refractivity contribution in [3.63, 3.8) is 0 Å². The van der Waals surface area contributed by atoms with Gasteiger partial charge in [-0.15, -0.1) is 0 Å². The van der Waals surface area contributed by atoms with Gasteiger partial charge in [0.1, 0.15) is 5.52 Å². The Morgan fingerprint density at radius 2 is 2.39 bits per heavy atom. The number of amides is 1. The van der Waals surface area contributed by atoms with Gasteiger partial charge in [-0.1, -0.05) is 6.07 Å². The molecule has 2 rings (SSSR count). The Balaban J connectivity index is 1.84. The van der Waals surface area contributed by atoms with Crippen molar-refractivity contribution < 1.29 is 9.21 Å². The van der Waals surface area contributed by atoms with Gasteiger partial charge in [-0.05, 0) is 31.0 Å². The first-order chi connectivity index (χ1) is 8.65. The number of carbonyl (C=O) groups is 1. The Morgan fingerprint density at radius 1 is 1.56 bits per heavy atom. The topological polar surface area (TPSA) is 81.2 Å². The average Bonchev–Trinajstić information content (AvgIpc) is 2.75. The summed E-state index contributed by atoms with van der Waals surface area (Å²) in [5.74, 6) is -0.00857. The summed E-state index contributed by atoms with van der Waals surface area (Å²) in [5, 5.41) is 2.84. The maximum atomic E-state index is 11.4. The van der Waals surface area contributed by atoms with Crippen molar-refractivity contribution in [2.24, 2.45) is 5.73 Å². The largest absolute Gasteiger partial charge is 0.443 e. The molecule has 0 radical (unpaired) electrons. The number of rotatable bonds is 5. The molecule has 1 unspecified atom stereocenters. The van der Waals surface area contributed by atoms with Crippen LogP contribution in [0.25, 0.3) is 11.1 Å². The van der Waals surface area contributed by atoms with Gasteiger partial charge in [0.15, 0.2) is 12.0 Å². The number of nitrogens with two attached hydrogens (primary N) is 1. The molecule has 5 nitrogen and oxygen atoms in total. The summed E-state index contributed by atoms with van der Waals surface area (Å²) in [6, 6.07) is 5.75. The molecule has 0 fully saturated rings. The van der Waals surface area contributed by atoms with Gasteiger partial charge in [-0.3, -0.25) is 4.79 Å². The van der Waals surface area contributed by atoms with E-state index < -0.39 is 0 Å². The first-order valence-corrected chi connectivity index (χ1v) is 5.99. The predicted octanol–water partition coefficient (Wildman–Crippen LogP) is 1.22. The molecule has 0 aliphatic rings. The van der Waals surface area contributed by atoms with Gasteiger partial charge in [-0.2, -0.15) is 0 Å². The fourth-order valence-corrected chi connectivity index (χ4v) is 1.77. The molecule has 0 saturated carbocycles. The summed E-state index contributed by atoms with van der Waals surface area (Å²) < 4.78 is 5.22. The molecule has 18 heavy (non-hydrogen) atoms. The molecule has 1 amide bonds. The van der Waals surface area contributed by atoms with E-state index in [9.17, 15) is 4.79 Å². The number of fused-ring (bicyclic) bond motifs is 1. The maximum absolute atomic E-state index is 11.4. The highest BCUT2D eigenvalue weighted by Gasteiger charge is 2.05. The Bertz CT molecular complexity index is 534. The minimum Gasteiger partial charge on any atom is -0.443 e. The quantitative estimate of drug-likeness (QED) is 0.832. The second-order valence-electron chi connectivity index (χ2n) is 4.44. The van der Waals surface area contributed by atoms with Gasteiger partial charge < -0.3 is 15.5 Å². The zero-order valence-electron chi connectivity index (χ0n) is 10.3. The van der Waals surface area contributed by atoms with Gasteiger partial charge >= 0.3 is 0 Å². The van der Waals surface area contributed by atoms with E-state index in [1.165, 1.54) is 6.39 Å². The van der Waals surface area contributed by atoms with E-state index >= 15 is 0 Å². The predicted molar refractivity (Wildman–Crippen MR) is 69.0 cm³/mol. The van der Waals surface area contributed by atoms with Crippen LogP contribution in [0.3, 0.4) is 0 Å². The minimum atomic E-state index is -0.101. The monoisotopic (exact) mass is 247 g/mol. The lowest BCUT2D eigenvalue weighted by atomic mass is 10.1. The number of carbonyl (C=O) groups excluding carboxylic acids is 1. The number of benzene rings is 1. The first-order valence-electron chi connectivity index (χ1n) is 5.99. The molecule has 0 aliphatic heterocycles. The van der Waals surface area contributed by atoms with Crippen LogP contribution in [-0.2, 0) is 11.2 Å². The molecule has 0 bridgehead atoms. The Labute approximate surface area is 105 Å². The van der Waals surface area contributed by atoms with Gasteiger partial charge in [0.25, 0.3) is 0 Å². The molecule has 3 N–H and O–H groups in total. The fourth-order valence-electron chi connectivity index (χ4n) is 1.77. The molecular weight excluding hydrogens is 230 g/mol. The van der Waals surface area contributed by atoms with Gasteiger partial charge in [-0.25, -0.2) is 4.98 Å². The molecule has 96 valence electrons. The van der Waals surface area contributed by atoms with Crippen molar-refractivity contribution in [1.82, 2.24) is 10.3 Å². The number of nitrogens with one attached hydrogen (secondary N) is 1. The number of nitrogens with zero attached hydrogens (tertiary/aromatic N) is 1. The lowest BCUT2D eigenvalue weighted by Crippen LogP contribution is -2.31. The molecule has 5 heteroatoms. The van der Waals surface area contributed by atoms with Crippen LogP contribution >= 0.6 is 0 Å². The SMILES string of the molecule is CC(N)CC(=O)NCCc1ccc2ncoc2c1. The molecule has 0 spiro atoms. The molecule has 0 saturated heterocycles. The summed E-state index contributed by atoms with van der Waals surface area (Å²) in [6.45, 7) is 2.42. The van der Waals surface area contributed by atoms with E-state index in [4.69, 9.17) is 10.2 Å². The Morgan fingerprint density at radius 3 is 3.17 bits per heavy atom. The average molecular weight is 247 g/mol. The van der Waals surface area contributed by atoms with Crippen LogP contribution in [0.5, 0.6) is 0 Å². The van der Waals surface area contributed by atoms with Crippen LogP contribution in [-0.4, -0.2) is 23.5 Å². The van der Waals surface area contributed by atoms with Crippen molar-refractivity contribution in [2.45, 2.75) is 25.8 Å². The van der Waals surface area contributed by atoms with E-state index in [-0.39, 0.29) is 11.9 Å². The molecule has 0 aliphatic carbocycles. The summed E-state index contributed by atoms with van der Waals surface area (Å²) in [6.07, 6.45) is 2.56. The fraction of sp³-hybridized carbons (Fsp3) is 0.385. The number of hydrogen-bond acceptors (Lipinski definition) is 4. The van der Waals surface area contributed by atoms with Crippen LogP contribution < -0.4 is 11.1 Å². The van der Waals surface area contributed by atoms with Crippen molar-refractivity contribution >= 4 is 17.0 Å². The zero-order chi connectivity index (χ0) is 13.0.